The quantitative estimate of drug-likeness (QED) is 0.218. The average molecular weight is 692 g/mol. The van der Waals surface area contributed by atoms with Crippen LogP contribution in [-0.2, 0) is 5.41 Å². The number of nitrogens with zero attached hydrogens (tertiary/aromatic N) is 2. The summed E-state index contributed by atoms with van der Waals surface area (Å²) in [6.45, 7) is 3.85. The number of phenols is 2. The number of hydrogen-bond acceptors (Lipinski definition) is 2. The lowest BCUT2D eigenvalue weighted by Crippen LogP contribution is -2.42. The van der Waals surface area contributed by atoms with Gasteiger partial charge < -0.3 is 19.3 Å². The van der Waals surface area contributed by atoms with Crippen molar-refractivity contribution in [2.24, 2.45) is 0 Å². The maximum Gasteiger partial charge on any atom is 0.150 e. The van der Waals surface area contributed by atoms with Crippen LogP contribution in [0.25, 0.3) is 77.2 Å². The number of aromatic nitrogens is 2. The molecule has 0 saturated carbocycles. The number of benzene rings is 7. The van der Waals surface area contributed by atoms with E-state index < -0.39 is 16.9 Å². The average Bonchev–Trinajstić information content (AvgIpc) is 3.78. The molecule has 2 heterocycles. The van der Waals surface area contributed by atoms with E-state index in [0.29, 0.717) is 44.3 Å². The molecule has 12 radical (unpaired) electrons. The zero-order chi connectivity index (χ0) is 38.2. The van der Waals surface area contributed by atoms with Crippen LogP contribution in [0.1, 0.15) is 25.0 Å². The van der Waals surface area contributed by atoms with Gasteiger partial charge in [-0.2, -0.15) is 0 Å². The van der Waals surface area contributed by atoms with Gasteiger partial charge in [-0.15, -0.1) is 0 Å². The Labute approximate surface area is 326 Å². The first-order chi connectivity index (χ1) is 26.4. The molecule has 0 amide bonds. The number of hydrogen-bond donors (Lipinski definition) is 2. The summed E-state index contributed by atoms with van der Waals surface area (Å²) in [5.41, 5.74) is 10.6. The second kappa shape index (κ2) is 11.6. The molecule has 0 atom stereocenters. The summed E-state index contributed by atoms with van der Waals surface area (Å²) in [4.78, 5) is 0. The summed E-state index contributed by atoms with van der Waals surface area (Å²) in [5, 5.41) is 25.8. The van der Waals surface area contributed by atoms with Gasteiger partial charge in [-0.05, 0) is 92.8 Å². The van der Waals surface area contributed by atoms with Gasteiger partial charge in [-0.3, -0.25) is 0 Å². The summed E-state index contributed by atoms with van der Waals surface area (Å²) in [6.07, 6.45) is 0. The summed E-state index contributed by atoms with van der Waals surface area (Å²) >= 11 is 0. The third-order valence-electron chi connectivity index (χ3n) is 11.7. The largest absolute Gasteiger partial charge is 0.505 e. The first-order valence-corrected chi connectivity index (χ1v) is 18.0. The molecule has 0 fully saturated rings. The zero-order valence-electron chi connectivity index (χ0n) is 30.1. The molecule has 2 N–H and O–H groups in total. The van der Waals surface area contributed by atoms with Crippen molar-refractivity contribution in [1.82, 2.24) is 9.13 Å². The van der Waals surface area contributed by atoms with Gasteiger partial charge >= 0.3 is 0 Å². The number of para-hydroxylation sites is 2. The van der Waals surface area contributed by atoms with Crippen LogP contribution < -0.4 is 32.8 Å². The standard InChI is InChI=1S/C45H26B6N2O2/c1-45(2)35-33(34-36(45)40(50)44(55)43(54)38(34)48)37(47)42(41(51)39(35)49)53-30-10-6-4-8-26(30)28-20-22(12-18-32(28)53)21-11-17-31-27(19-21)25-7-3-5-9-29(25)52(31)24-15-13-23(46)14-16-24/h3-20,54-55H,1-2H3. The summed E-state index contributed by atoms with van der Waals surface area (Å²) in [6, 6.07) is 37.5. The Morgan fingerprint density at radius 3 is 1.53 bits per heavy atom. The van der Waals surface area contributed by atoms with Crippen molar-refractivity contribution in [3.63, 3.8) is 0 Å². The highest BCUT2D eigenvalue weighted by Crippen LogP contribution is 2.48. The molecular formula is C45H26B6N2O2. The molecule has 10 heteroatoms. The van der Waals surface area contributed by atoms with E-state index >= 15 is 0 Å². The molecule has 0 spiro atoms. The van der Waals surface area contributed by atoms with Crippen LogP contribution in [0.5, 0.6) is 11.5 Å². The highest BCUT2D eigenvalue weighted by atomic mass is 16.3. The van der Waals surface area contributed by atoms with Crippen molar-refractivity contribution < 1.29 is 10.2 Å². The highest BCUT2D eigenvalue weighted by Gasteiger charge is 2.42. The van der Waals surface area contributed by atoms with E-state index in [1.165, 1.54) is 0 Å². The minimum absolute atomic E-state index is 0.0132. The molecule has 0 unspecified atom stereocenters. The van der Waals surface area contributed by atoms with E-state index in [9.17, 15) is 10.2 Å². The number of fused-ring (bicyclic) bond motifs is 9. The fourth-order valence-electron chi connectivity index (χ4n) is 9.19. The molecule has 55 heavy (non-hydrogen) atoms. The van der Waals surface area contributed by atoms with Crippen LogP contribution in [0, 0.1) is 0 Å². The third kappa shape index (κ3) is 4.43. The van der Waals surface area contributed by atoms with E-state index in [1.807, 2.05) is 60.9 Å². The summed E-state index contributed by atoms with van der Waals surface area (Å²) in [7, 11) is 40.1. The van der Waals surface area contributed by atoms with Gasteiger partial charge in [0.05, 0.1) is 22.1 Å². The summed E-state index contributed by atoms with van der Waals surface area (Å²) in [5.74, 6) is -0.985. The third-order valence-corrected chi connectivity index (χ3v) is 11.7. The minimum Gasteiger partial charge on any atom is -0.505 e. The Balaban J connectivity index is 1.20. The summed E-state index contributed by atoms with van der Waals surface area (Å²) < 4.78 is 4.32. The Bertz CT molecular complexity index is 3160. The van der Waals surface area contributed by atoms with E-state index in [2.05, 4.69) is 71.3 Å². The first kappa shape index (κ1) is 33.7. The number of phenolic OH excluding ortho intramolecular Hbond substituents is 2. The van der Waals surface area contributed by atoms with Gasteiger partial charge in [0.2, 0.25) is 0 Å². The monoisotopic (exact) mass is 692 g/mol. The van der Waals surface area contributed by atoms with Crippen LogP contribution >= 0.6 is 0 Å². The zero-order valence-corrected chi connectivity index (χ0v) is 30.1. The van der Waals surface area contributed by atoms with Crippen molar-refractivity contribution >= 4 is 123 Å². The van der Waals surface area contributed by atoms with Gasteiger partial charge in [-0.25, -0.2) is 0 Å². The van der Waals surface area contributed by atoms with E-state index in [-0.39, 0.29) is 10.9 Å². The topological polar surface area (TPSA) is 50.3 Å². The molecule has 2 aromatic heterocycles. The first-order valence-electron chi connectivity index (χ1n) is 18.0. The predicted molar refractivity (Wildman–Crippen MR) is 234 cm³/mol. The number of aromatic hydroxyl groups is 2. The lowest BCUT2D eigenvalue weighted by atomic mass is 9.65. The fraction of sp³-hybridized carbons (Fsp3) is 0.0667. The van der Waals surface area contributed by atoms with Crippen LogP contribution in [0.3, 0.4) is 0 Å². The molecule has 1 aliphatic rings. The Morgan fingerprint density at radius 1 is 0.455 bits per heavy atom. The van der Waals surface area contributed by atoms with Crippen molar-refractivity contribution in [3.05, 3.63) is 120 Å². The van der Waals surface area contributed by atoms with Gasteiger partial charge in [0.25, 0.3) is 0 Å². The van der Waals surface area contributed by atoms with E-state index in [4.69, 9.17) is 47.1 Å². The molecule has 0 aliphatic heterocycles. The second-order valence-electron chi connectivity index (χ2n) is 15.0. The molecule has 10 rings (SSSR count). The van der Waals surface area contributed by atoms with Gasteiger partial charge in [-0.1, -0.05) is 96.4 Å². The normalized spacial score (nSPS) is 13.3. The molecule has 0 bridgehead atoms. The van der Waals surface area contributed by atoms with Crippen LogP contribution in [0.4, 0.5) is 0 Å². The fourth-order valence-corrected chi connectivity index (χ4v) is 9.19. The molecule has 246 valence electrons. The highest BCUT2D eigenvalue weighted by molar-refractivity contribution is 6.56. The minimum atomic E-state index is -0.836. The molecule has 9 aromatic rings. The molecule has 7 aromatic carbocycles. The van der Waals surface area contributed by atoms with Crippen LogP contribution in [0.2, 0.25) is 0 Å². The SMILES string of the molecule is [B]c1ccc(-n2c3ccccc3c3cc(-c4ccc5c(c4)c4ccccc4n5-c4c([B])c([B])c5c(c4[B])-c4c([B])c(O)c(O)c([B])c4C5(C)C)ccc32)cc1. The van der Waals surface area contributed by atoms with Gasteiger partial charge in [0.1, 0.15) is 58.6 Å². The van der Waals surface area contributed by atoms with E-state index in [1.54, 1.807) is 0 Å². The molecule has 1 aliphatic carbocycles. The molecule has 4 nitrogen and oxygen atoms in total. The smallest absolute Gasteiger partial charge is 0.150 e. The lowest BCUT2D eigenvalue weighted by Gasteiger charge is -2.29. The van der Waals surface area contributed by atoms with Gasteiger partial charge in [0, 0.05) is 38.3 Å². The van der Waals surface area contributed by atoms with Crippen molar-refractivity contribution in [2.45, 2.75) is 19.3 Å². The predicted octanol–water partition coefficient (Wildman–Crippen LogP) is 4.03. The van der Waals surface area contributed by atoms with Crippen LogP contribution in [-0.4, -0.2) is 66.4 Å². The Hall–Kier alpha value is -5.87. The van der Waals surface area contributed by atoms with Crippen molar-refractivity contribution in [1.29, 1.82) is 0 Å². The molecule has 0 saturated heterocycles. The second-order valence-corrected chi connectivity index (χ2v) is 15.0. The lowest BCUT2D eigenvalue weighted by molar-refractivity contribution is 0.409. The van der Waals surface area contributed by atoms with E-state index in [0.717, 1.165) is 65.9 Å². The Kier molecular flexibility index (Phi) is 7.08. The molecular weight excluding hydrogens is 665 g/mol. The van der Waals surface area contributed by atoms with Crippen LogP contribution in [0.15, 0.2) is 109 Å². The Morgan fingerprint density at radius 2 is 0.927 bits per heavy atom. The maximum atomic E-state index is 10.8. The van der Waals surface area contributed by atoms with Crippen molar-refractivity contribution in [3.8, 4) is 45.1 Å². The number of rotatable bonds is 3. The van der Waals surface area contributed by atoms with Crippen molar-refractivity contribution in [2.75, 3.05) is 0 Å². The van der Waals surface area contributed by atoms with Gasteiger partial charge in [0.15, 0.2) is 0 Å². The maximum absolute atomic E-state index is 10.8.